The van der Waals surface area contributed by atoms with E-state index in [1.165, 1.54) is 0 Å². The lowest BCUT2D eigenvalue weighted by molar-refractivity contribution is -0.0212. The van der Waals surface area contributed by atoms with Crippen LogP contribution in [0.15, 0.2) is 36.8 Å². The topological polar surface area (TPSA) is 60.2 Å². The summed E-state index contributed by atoms with van der Waals surface area (Å²) in [6, 6.07) is 5.68. The van der Waals surface area contributed by atoms with Gasteiger partial charge in [0, 0.05) is 45.1 Å². The summed E-state index contributed by atoms with van der Waals surface area (Å²) in [6.45, 7) is 1.78. The van der Waals surface area contributed by atoms with Gasteiger partial charge < -0.3 is 9.64 Å². The fourth-order valence-corrected chi connectivity index (χ4v) is 2.55. The number of aryl methyl sites for hydroxylation is 1. The minimum Gasteiger partial charge on any atom is -0.374 e. The van der Waals surface area contributed by atoms with E-state index >= 15 is 0 Å². The van der Waals surface area contributed by atoms with Crippen LogP contribution in [-0.2, 0) is 18.2 Å². The van der Waals surface area contributed by atoms with Crippen molar-refractivity contribution in [2.75, 3.05) is 19.7 Å². The summed E-state index contributed by atoms with van der Waals surface area (Å²) in [7, 11) is 1.78. The first kappa shape index (κ1) is 13.8. The van der Waals surface area contributed by atoms with Gasteiger partial charge in [0.05, 0.1) is 12.7 Å². The molecule has 0 radical (unpaired) electrons. The number of morpholine rings is 1. The van der Waals surface area contributed by atoms with Gasteiger partial charge in [-0.25, -0.2) is 0 Å². The SMILES string of the molecule is Cn1nccc1C(=O)N1CCO[C@@H](Cc2cccnc2)C1. The molecule has 1 saturated heterocycles. The van der Waals surface area contributed by atoms with Crippen LogP contribution in [-0.4, -0.2) is 51.4 Å². The van der Waals surface area contributed by atoms with Gasteiger partial charge in [-0.2, -0.15) is 5.10 Å². The van der Waals surface area contributed by atoms with Crippen molar-refractivity contribution in [3.8, 4) is 0 Å². The Labute approximate surface area is 123 Å². The quantitative estimate of drug-likeness (QED) is 0.841. The fraction of sp³-hybridized carbons (Fsp3) is 0.400. The van der Waals surface area contributed by atoms with Gasteiger partial charge in [0.25, 0.3) is 5.91 Å². The Morgan fingerprint density at radius 1 is 1.43 bits per heavy atom. The number of hydrogen-bond acceptors (Lipinski definition) is 4. The minimum atomic E-state index is 0.00878. The monoisotopic (exact) mass is 286 g/mol. The van der Waals surface area contributed by atoms with Crippen LogP contribution in [0.4, 0.5) is 0 Å². The van der Waals surface area contributed by atoms with Crippen LogP contribution in [0.3, 0.4) is 0 Å². The van der Waals surface area contributed by atoms with Gasteiger partial charge in [0.2, 0.25) is 0 Å². The van der Waals surface area contributed by atoms with E-state index in [4.69, 9.17) is 4.74 Å². The van der Waals surface area contributed by atoms with E-state index in [0.717, 1.165) is 12.0 Å². The number of rotatable bonds is 3. The molecule has 0 N–H and O–H groups in total. The van der Waals surface area contributed by atoms with Gasteiger partial charge in [-0.15, -0.1) is 0 Å². The molecule has 1 atom stereocenters. The Kier molecular flexibility index (Phi) is 3.96. The average Bonchev–Trinajstić information content (AvgIpc) is 2.94. The largest absolute Gasteiger partial charge is 0.374 e. The molecule has 1 aliphatic rings. The summed E-state index contributed by atoms with van der Waals surface area (Å²) in [5, 5.41) is 4.05. The molecule has 0 bridgehead atoms. The van der Waals surface area contributed by atoms with Crippen molar-refractivity contribution < 1.29 is 9.53 Å². The summed E-state index contributed by atoms with van der Waals surface area (Å²) in [5.41, 5.74) is 1.73. The number of aromatic nitrogens is 3. The molecular formula is C15H18N4O2. The molecule has 0 unspecified atom stereocenters. The highest BCUT2D eigenvalue weighted by Gasteiger charge is 2.26. The molecule has 2 aromatic rings. The maximum atomic E-state index is 12.5. The zero-order valence-electron chi connectivity index (χ0n) is 12.0. The molecule has 0 aliphatic carbocycles. The molecular weight excluding hydrogens is 268 g/mol. The highest BCUT2D eigenvalue weighted by Crippen LogP contribution is 2.13. The number of carbonyl (C=O) groups is 1. The van der Waals surface area contributed by atoms with Crippen molar-refractivity contribution in [1.82, 2.24) is 19.7 Å². The Hall–Kier alpha value is -2.21. The van der Waals surface area contributed by atoms with Crippen LogP contribution in [0, 0.1) is 0 Å². The predicted octanol–water partition coefficient (Wildman–Crippen LogP) is 0.899. The molecule has 110 valence electrons. The van der Waals surface area contributed by atoms with Crippen molar-refractivity contribution in [1.29, 1.82) is 0 Å². The third-order valence-corrected chi connectivity index (χ3v) is 3.65. The lowest BCUT2D eigenvalue weighted by Crippen LogP contribution is -2.46. The zero-order valence-corrected chi connectivity index (χ0v) is 12.0. The van der Waals surface area contributed by atoms with Crippen molar-refractivity contribution in [2.45, 2.75) is 12.5 Å². The lowest BCUT2D eigenvalue weighted by Gasteiger charge is -2.33. The second kappa shape index (κ2) is 6.05. The summed E-state index contributed by atoms with van der Waals surface area (Å²) < 4.78 is 7.37. The predicted molar refractivity (Wildman–Crippen MR) is 76.8 cm³/mol. The van der Waals surface area contributed by atoms with Crippen molar-refractivity contribution in [2.24, 2.45) is 7.05 Å². The van der Waals surface area contributed by atoms with Gasteiger partial charge in [-0.1, -0.05) is 6.07 Å². The van der Waals surface area contributed by atoms with Crippen molar-refractivity contribution in [3.05, 3.63) is 48.0 Å². The number of ether oxygens (including phenoxy) is 1. The molecule has 6 nitrogen and oxygen atoms in total. The van der Waals surface area contributed by atoms with Gasteiger partial charge >= 0.3 is 0 Å². The van der Waals surface area contributed by atoms with Gasteiger partial charge in [-0.3, -0.25) is 14.5 Å². The molecule has 6 heteroatoms. The molecule has 0 saturated carbocycles. The molecule has 1 fully saturated rings. The highest BCUT2D eigenvalue weighted by molar-refractivity contribution is 5.92. The first-order chi connectivity index (χ1) is 10.2. The van der Waals surface area contributed by atoms with Crippen molar-refractivity contribution >= 4 is 5.91 Å². The third kappa shape index (κ3) is 3.11. The molecule has 2 aromatic heterocycles. The molecule has 0 aromatic carbocycles. The summed E-state index contributed by atoms with van der Waals surface area (Å²) in [6.07, 6.45) is 6.01. The second-order valence-electron chi connectivity index (χ2n) is 5.15. The fourth-order valence-electron chi connectivity index (χ4n) is 2.55. The number of hydrogen-bond donors (Lipinski definition) is 0. The standard InChI is InChI=1S/C15H18N4O2/c1-18-14(4-6-17-18)15(20)19-7-8-21-13(11-19)9-12-3-2-5-16-10-12/h2-6,10,13H,7-9,11H2,1H3/t13-/m0/s1. The Morgan fingerprint density at radius 3 is 3.05 bits per heavy atom. The van der Waals surface area contributed by atoms with Gasteiger partial charge in [0.15, 0.2) is 0 Å². The van der Waals surface area contributed by atoms with Crippen LogP contribution in [0.2, 0.25) is 0 Å². The smallest absolute Gasteiger partial charge is 0.272 e. The Morgan fingerprint density at radius 2 is 2.33 bits per heavy atom. The summed E-state index contributed by atoms with van der Waals surface area (Å²) >= 11 is 0. The molecule has 21 heavy (non-hydrogen) atoms. The van der Waals surface area contributed by atoms with E-state index in [0.29, 0.717) is 25.4 Å². The average molecular weight is 286 g/mol. The third-order valence-electron chi connectivity index (χ3n) is 3.65. The van der Waals surface area contributed by atoms with E-state index in [2.05, 4.69) is 10.1 Å². The maximum absolute atomic E-state index is 12.5. The van der Waals surface area contributed by atoms with Gasteiger partial charge in [0.1, 0.15) is 5.69 Å². The van der Waals surface area contributed by atoms with Crippen LogP contribution in [0.25, 0.3) is 0 Å². The normalized spacial score (nSPS) is 18.7. The zero-order chi connectivity index (χ0) is 14.7. The minimum absolute atomic E-state index is 0.00878. The maximum Gasteiger partial charge on any atom is 0.272 e. The molecule has 0 spiro atoms. The van der Waals surface area contributed by atoms with E-state index in [-0.39, 0.29) is 12.0 Å². The Bertz CT molecular complexity index is 611. The summed E-state index contributed by atoms with van der Waals surface area (Å²) in [4.78, 5) is 18.4. The van der Waals surface area contributed by atoms with Crippen LogP contribution < -0.4 is 0 Å². The van der Waals surface area contributed by atoms with Crippen LogP contribution >= 0.6 is 0 Å². The number of nitrogens with zero attached hydrogens (tertiary/aromatic N) is 4. The second-order valence-corrected chi connectivity index (χ2v) is 5.15. The first-order valence-corrected chi connectivity index (χ1v) is 7.02. The summed E-state index contributed by atoms with van der Waals surface area (Å²) in [5.74, 6) is 0.00878. The number of pyridine rings is 1. The van der Waals surface area contributed by atoms with Crippen molar-refractivity contribution in [3.63, 3.8) is 0 Å². The molecule has 3 rings (SSSR count). The first-order valence-electron chi connectivity index (χ1n) is 7.02. The van der Waals surface area contributed by atoms with Crippen LogP contribution in [0.1, 0.15) is 16.1 Å². The van der Waals surface area contributed by atoms with E-state index in [9.17, 15) is 4.79 Å². The molecule has 3 heterocycles. The molecule has 1 amide bonds. The van der Waals surface area contributed by atoms with E-state index in [1.807, 2.05) is 23.2 Å². The van der Waals surface area contributed by atoms with E-state index in [1.54, 1.807) is 30.2 Å². The van der Waals surface area contributed by atoms with E-state index < -0.39 is 0 Å². The molecule has 1 aliphatic heterocycles. The Balaban J connectivity index is 1.66. The van der Waals surface area contributed by atoms with Gasteiger partial charge in [-0.05, 0) is 17.7 Å². The highest BCUT2D eigenvalue weighted by atomic mass is 16.5. The van der Waals surface area contributed by atoms with Crippen LogP contribution in [0.5, 0.6) is 0 Å². The number of amides is 1. The number of carbonyl (C=O) groups excluding carboxylic acids is 1. The lowest BCUT2D eigenvalue weighted by atomic mass is 10.1.